The van der Waals surface area contributed by atoms with Crippen molar-refractivity contribution in [3.05, 3.63) is 35.9 Å². The Hall–Kier alpha value is -1.37. The van der Waals surface area contributed by atoms with Crippen molar-refractivity contribution in [3.8, 4) is 0 Å². The number of hydrogen-bond donors (Lipinski definition) is 0. The van der Waals surface area contributed by atoms with Gasteiger partial charge in [-0.3, -0.25) is 4.99 Å². The van der Waals surface area contributed by atoms with E-state index < -0.39 is 0 Å². The summed E-state index contributed by atoms with van der Waals surface area (Å²) in [5, 5.41) is 0. The van der Waals surface area contributed by atoms with Crippen LogP contribution in [0.4, 0.5) is 5.69 Å². The van der Waals surface area contributed by atoms with E-state index in [2.05, 4.69) is 32.1 Å². The Balaban J connectivity index is 0. The summed E-state index contributed by atoms with van der Waals surface area (Å²) < 4.78 is 0. The minimum absolute atomic E-state index is 0.903. The van der Waals surface area contributed by atoms with Gasteiger partial charge in [0.25, 0.3) is 0 Å². The average molecular weight is 233 g/mol. The average Bonchev–Trinajstić information content (AvgIpc) is 2.41. The zero-order valence-electron chi connectivity index (χ0n) is 12.1. The van der Waals surface area contributed by atoms with Crippen molar-refractivity contribution in [1.82, 2.24) is 0 Å². The van der Waals surface area contributed by atoms with Gasteiger partial charge >= 0.3 is 0 Å². The van der Waals surface area contributed by atoms with Gasteiger partial charge in [-0.2, -0.15) is 0 Å². The minimum Gasteiger partial charge on any atom is -0.264 e. The van der Waals surface area contributed by atoms with Crippen LogP contribution >= 0.6 is 0 Å². The molecule has 1 heteroatoms. The molecule has 0 fully saturated rings. The van der Waals surface area contributed by atoms with Crippen molar-refractivity contribution in [2.45, 2.75) is 47.5 Å². The third kappa shape index (κ3) is 8.44. The zero-order chi connectivity index (χ0) is 13.7. The fourth-order valence-electron chi connectivity index (χ4n) is 0.963. The number of unbranched alkanes of at least 4 members (excludes halogenated alkanes) is 1. The molecule has 0 N–H and O–H groups in total. The van der Waals surface area contributed by atoms with Crippen LogP contribution in [0.1, 0.15) is 51.7 Å². The van der Waals surface area contributed by atoms with Crippen LogP contribution in [0.2, 0.25) is 0 Å². The first kappa shape index (κ1) is 18.0. The fraction of sp³-hybridized carbons (Fsp3) is 0.438. The van der Waals surface area contributed by atoms with E-state index in [0.29, 0.717) is 0 Å². The SMILES string of the molecule is C=Cc1ccc(C)cc1N=C.CC.CCCC. The number of rotatable bonds is 3. The summed E-state index contributed by atoms with van der Waals surface area (Å²) in [6.07, 6.45) is 4.42. The summed E-state index contributed by atoms with van der Waals surface area (Å²) in [6.45, 7) is 17.6. The molecule has 0 radical (unpaired) electrons. The molecule has 0 unspecified atom stereocenters. The van der Waals surface area contributed by atoms with Gasteiger partial charge < -0.3 is 0 Å². The lowest BCUT2D eigenvalue weighted by atomic mass is 10.1. The van der Waals surface area contributed by atoms with Gasteiger partial charge in [0.05, 0.1) is 5.69 Å². The molecule has 0 aliphatic heterocycles. The molecule has 1 nitrogen and oxygen atoms in total. The topological polar surface area (TPSA) is 12.4 Å². The lowest BCUT2D eigenvalue weighted by Crippen LogP contribution is -1.75. The molecular weight excluding hydrogens is 206 g/mol. The molecule has 0 bridgehead atoms. The number of nitrogens with zero attached hydrogens (tertiary/aromatic N) is 1. The van der Waals surface area contributed by atoms with Gasteiger partial charge in [-0.05, 0) is 30.8 Å². The maximum absolute atomic E-state index is 3.88. The minimum atomic E-state index is 0.903. The molecule has 0 aliphatic rings. The lowest BCUT2D eigenvalue weighted by molar-refractivity contribution is 0.886. The van der Waals surface area contributed by atoms with Crippen LogP contribution in [0.25, 0.3) is 6.08 Å². The van der Waals surface area contributed by atoms with E-state index in [1.807, 2.05) is 39.0 Å². The van der Waals surface area contributed by atoms with E-state index in [0.717, 1.165) is 11.3 Å². The third-order valence-electron chi connectivity index (χ3n) is 2.08. The summed E-state index contributed by atoms with van der Waals surface area (Å²) in [4.78, 5) is 3.88. The molecule has 0 saturated heterocycles. The molecule has 0 saturated carbocycles. The van der Waals surface area contributed by atoms with Crippen molar-refractivity contribution in [2.24, 2.45) is 4.99 Å². The number of aliphatic imine (C=N–C) groups is 1. The highest BCUT2D eigenvalue weighted by molar-refractivity contribution is 5.65. The van der Waals surface area contributed by atoms with Crippen LogP contribution in [0.15, 0.2) is 29.8 Å². The molecule has 0 atom stereocenters. The van der Waals surface area contributed by atoms with Crippen molar-refractivity contribution < 1.29 is 0 Å². The number of hydrogen-bond acceptors (Lipinski definition) is 1. The maximum atomic E-state index is 3.88. The van der Waals surface area contributed by atoms with Crippen molar-refractivity contribution >= 4 is 18.5 Å². The summed E-state index contributed by atoms with van der Waals surface area (Å²) in [5.41, 5.74) is 3.13. The van der Waals surface area contributed by atoms with Crippen molar-refractivity contribution in [3.63, 3.8) is 0 Å². The predicted molar refractivity (Wildman–Crippen MR) is 82.4 cm³/mol. The van der Waals surface area contributed by atoms with Gasteiger partial charge in [-0.25, -0.2) is 0 Å². The third-order valence-corrected chi connectivity index (χ3v) is 2.08. The molecule has 0 aliphatic carbocycles. The lowest BCUT2D eigenvalue weighted by Gasteiger charge is -1.99. The normalized spacial score (nSPS) is 8.06. The zero-order valence-corrected chi connectivity index (χ0v) is 12.1. The summed E-state index contributed by atoms with van der Waals surface area (Å²) in [5.74, 6) is 0. The van der Waals surface area contributed by atoms with Gasteiger partial charge in [-0.1, -0.05) is 65.3 Å². The molecule has 0 amide bonds. The molecular formula is C16H27N. The monoisotopic (exact) mass is 233 g/mol. The Kier molecular flexibility index (Phi) is 13.5. The summed E-state index contributed by atoms with van der Waals surface area (Å²) >= 11 is 0. The number of aryl methyl sites for hydroxylation is 1. The van der Waals surface area contributed by atoms with Gasteiger partial charge in [0.15, 0.2) is 0 Å². The number of benzene rings is 1. The van der Waals surface area contributed by atoms with E-state index >= 15 is 0 Å². The van der Waals surface area contributed by atoms with Crippen molar-refractivity contribution in [1.29, 1.82) is 0 Å². The quantitative estimate of drug-likeness (QED) is 0.585. The van der Waals surface area contributed by atoms with Gasteiger partial charge in [0.2, 0.25) is 0 Å². The van der Waals surface area contributed by atoms with E-state index in [9.17, 15) is 0 Å². The smallest absolute Gasteiger partial charge is 0.0697 e. The summed E-state index contributed by atoms with van der Waals surface area (Å²) in [7, 11) is 0. The maximum Gasteiger partial charge on any atom is 0.0697 e. The molecule has 1 rings (SSSR count). The highest BCUT2D eigenvalue weighted by Gasteiger charge is 1.94. The first-order valence-corrected chi connectivity index (χ1v) is 6.39. The first-order chi connectivity index (χ1) is 8.19. The van der Waals surface area contributed by atoms with E-state index in [4.69, 9.17) is 0 Å². The van der Waals surface area contributed by atoms with Crippen molar-refractivity contribution in [2.75, 3.05) is 0 Å². The second-order valence-corrected chi connectivity index (χ2v) is 3.42. The molecule has 17 heavy (non-hydrogen) atoms. The van der Waals surface area contributed by atoms with E-state index in [1.54, 1.807) is 6.08 Å². The second-order valence-electron chi connectivity index (χ2n) is 3.42. The highest BCUT2D eigenvalue weighted by Crippen LogP contribution is 2.20. The summed E-state index contributed by atoms with van der Waals surface area (Å²) in [6, 6.07) is 6.02. The van der Waals surface area contributed by atoms with Crippen LogP contribution in [0, 0.1) is 6.92 Å². The Bertz CT molecular complexity index is 311. The molecule has 0 heterocycles. The molecule has 1 aromatic rings. The Labute approximate surface area is 107 Å². The van der Waals surface area contributed by atoms with Crippen LogP contribution in [-0.2, 0) is 0 Å². The fourth-order valence-corrected chi connectivity index (χ4v) is 0.963. The molecule has 1 aromatic carbocycles. The van der Waals surface area contributed by atoms with Crippen LogP contribution < -0.4 is 0 Å². The van der Waals surface area contributed by atoms with Crippen LogP contribution in [-0.4, -0.2) is 6.72 Å². The van der Waals surface area contributed by atoms with E-state index in [1.165, 1.54) is 18.4 Å². The largest absolute Gasteiger partial charge is 0.264 e. The van der Waals surface area contributed by atoms with Gasteiger partial charge in [0, 0.05) is 0 Å². The van der Waals surface area contributed by atoms with Crippen LogP contribution in [0.5, 0.6) is 0 Å². The van der Waals surface area contributed by atoms with Crippen LogP contribution in [0.3, 0.4) is 0 Å². The Morgan fingerprint density at radius 1 is 1.18 bits per heavy atom. The standard InChI is InChI=1S/C10H11N.C4H10.C2H6/c1-4-9-6-5-8(2)7-10(9)11-3;1-3-4-2;1-2/h4-7H,1,3H2,2H3;3-4H2,1-2H3;1-2H3. The Morgan fingerprint density at radius 2 is 1.71 bits per heavy atom. The highest BCUT2D eigenvalue weighted by atomic mass is 14.7. The molecule has 0 spiro atoms. The van der Waals surface area contributed by atoms with Gasteiger partial charge in [0.1, 0.15) is 0 Å². The second kappa shape index (κ2) is 12.7. The first-order valence-electron chi connectivity index (χ1n) is 6.39. The van der Waals surface area contributed by atoms with Gasteiger partial charge in [-0.15, -0.1) is 0 Å². The predicted octanol–water partition coefficient (Wildman–Crippen LogP) is 5.80. The Morgan fingerprint density at radius 3 is 2.06 bits per heavy atom. The molecule has 0 aromatic heterocycles. The molecule has 96 valence electrons. The van der Waals surface area contributed by atoms with E-state index in [-0.39, 0.29) is 0 Å².